The SMILES string of the molecule is CC1(C)C[C@]2(CN3CCOCC3)CN(C(=O)C3CCN(C(=O)c4ccncc4)CC3)C[C@H]12. The zero-order valence-electron chi connectivity index (χ0n) is 19.5. The summed E-state index contributed by atoms with van der Waals surface area (Å²) in [6, 6.07) is 3.52. The summed E-state index contributed by atoms with van der Waals surface area (Å²) in [5.41, 5.74) is 1.23. The van der Waals surface area contributed by atoms with E-state index in [4.69, 9.17) is 4.74 Å². The van der Waals surface area contributed by atoms with Crippen LogP contribution in [0.4, 0.5) is 0 Å². The topological polar surface area (TPSA) is 66.0 Å². The number of likely N-dealkylation sites (tertiary alicyclic amines) is 2. The molecule has 0 unspecified atom stereocenters. The highest BCUT2D eigenvalue weighted by Crippen LogP contribution is 2.63. The maximum atomic E-state index is 13.5. The van der Waals surface area contributed by atoms with E-state index in [2.05, 4.69) is 28.6 Å². The summed E-state index contributed by atoms with van der Waals surface area (Å²) in [7, 11) is 0. The molecule has 2 amide bonds. The van der Waals surface area contributed by atoms with Gasteiger partial charge in [0.25, 0.3) is 5.91 Å². The molecule has 0 bridgehead atoms. The van der Waals surface area contributed by atoms with E-state index < -0.39 is 0 Å². The molecule has 1 aromatic heterocycles. The average Bonchev–Trinajstić information content (AvgIpc) is 3.13. The van der Waals surface area contributed by atoms with Crippen LogP contribution in [-0.4, -0.2) is 90.5 Å². The molecule has 2 atom stereocenters. The van der Waals surface area contributed by atoms with Crippen molar-refractivity contribution < 1.29 is 14.3 Å². The molecule has 1 saturated carbocycles. The monoisotopic (exact) mass is 440 g/mol. The van der Waals surface area contributed by atoms with Crippen LogP contribution < -0.4 is 0 Å². The molecular formula is C25H36N4O3. The Morgan fingerprint density at radius 3 is 2.41 bits per heavy atom. The number of morpholine rings is 1. The zero-order valence-corrected chi connectivity index (χ0v) is 19.5. The fourth-order valence-electron chi connectivity index (χ4n) is 6.98. The normalized spacial score (nSPS) is 30.6. The van der Waals surface area contributed by atoms with E-state index in [-0.39, 0.29) is 17.2 Å². The fourth-order valence-corrected chi connectivity index (χ4v) is 6.98. The predicted octanol–water partition coefficient (Wildman–Crippen LogP) is 2.14. The standard InChI is InChI=1S/C25H36N4O3/c1-24(2)16-25(17-27-11-13-32-14-12-27)18-29(15-21(24)25)23(31)20-5-9-28(10-6-20)22(30)19-3-7-26-8-4-19/h3-4,7-8,20-21H,5-6,9-18H2,1-2H3/t21-,25+/m1/s1. The summed E-state index contributed by atoms with van der Waals surface area (Å²) in [5, 5.41) is 0. The summed E-state index contributed by atoms with van der Waals surface area (Å²) >= 11 is 0. The molecule has 4 aliphatic rings. The first-order valence-corrected chi connectivity index (χ1v) is 12.2. The predicted molar refractivity (Wildman–Crippen MR) is 121 cm³/mol. The van der Waals surface area contributed by atoms with Crippen molar-refractivity contribution in [2.24, 2.45) is 22.7 Å². The lowest BCUT2D eigenvalue weighted by Crippen LogP contribution is -2.59. The molecule has 174 valence electrons. The smallest absolute Gasteiger partial charge is 0.253 e. The van der Waals surface area contributed by atoms with E-state index in [0.717, 1.165) is 58.8 Å². The van der Waals surface area contributed by atoms with Crippen molar-refractivity contribution in [3.63, 3.8) is 0 Å². The Hall–Kier alpha value is -1.99. The third kappa shape index (κ3) is 3.94. The van der Waals surface area contributed by atoms with Gasteiger partial charge in [0.1, 0.15) is 0 Å². The molecule has 3 saturated heterocycles. The molecule has 4 heterocycles. The number of pyridine rings is 1. The third-order valence-electron chi connectivity index (χ3n) is 8.41. The summed E-state index contributed by atoms with van der Waals surface area (Å²) < 4.78 is 5.54. The Kier molecular flexibility index (Phi) is 5.74. The van der Waals surface area contributed by atoms with Gasteiger partial charge in [-0.1, -0.05) is 13.8 Å². The van der Waals surface area contributed by atoms with Crippen molar-refractivity contribution in [2.75, 3.05) is 59.0 Å². The highest BCUT2D eigenvalue weighted by atomic mass is 16.5. The van der Waals surface area contributed by atoms with Crippen LogP contribution in [-0.2, 0) is 9.53 Å². The van der Waals surface area contributed by atoms with Gasteiger partial charge in [0.2, 0.25) is 5.91 Å². The number of ether oxygens (including phenoxy) is 1. The number of carbonyl (C=O) groups excluding carboxylic acids is 2. The van der Waals surface area contributed by atoms with Gasteiger partial charge in [0.05, 0.1) is 13.2 Å². The minimum atomic E-state index is 0.0394. The van der Waals surface area contributed by atoms with E-state index in [0.29, 0.717) is 35.9 Å². The van der Waals surface area contributed by atoms with Crippen LogP contribution in [0.2, 0.25) is 0 Å². The number of hydrogen-bond donors (Lipinski definition) is 0. The van der Waals surface area contributed by atoms with Crippen molar-refractivity contribution in [1.29, 1.82) is 0 Å². The van der Waals surface area contributed by atoms with E-state index >= 15 is 0 Å². The van der Waals surface area contributed by atoms with Crippen LogP contribution in [0.25, 0.3) is 0 Å². The minimum Gasteiger partial charge on any atom is -0.379 e. The first-order valence-electron chi connectivity index (χ1n) is 12.2. The number of amides is 2. The van der Waals surface area contributed by atoms with Gasteiger partial charge in [-0.15, -0.1) is 0 Å². The van der Waals surface area contributed by atoms with Crippen LogP contribution >= 0.6 is 0 Å². The largest absolute Gasteiger partial charge is 0.379 e. The second-order valence-corrected chi connectivity index (χ2v) is 11.0. The molecule has 0 radical (unpaired) electrons. The lowest BCUT2D eigenvalue weighted by Gasteiger charge is -2.58. The number of fused-ring (bicyclic) bond motifs is 1. The van der Waals surface area contributed by atoms with E-state index in [1.165, 1.54) is 6.42 Å². The van der Waals surface area contributed by atoms with Crippen LogP contribution in [0.1, 0.15) is 43.5 Å². The Bertz CT molecular complexity index is 846. The maximum absolute atomic E-state index is 13.5. The number of nitrogens with zero attached hydrogens (tertiary/aromatic N) is 4. The van der Waals surface area contributed by atoms with Gasteiger partial charge in [-0.3, -0.25) is 19.5 Å². The number of piperidine rings is 1. The molecule has 0 N–H and O–H groups in total. The Balaban J connectivity index is 1.19. The van der Waals surface area contributed by atoms with Crippen LogP contribution in [0.5, 0.6) is 0 Å². The lowest BCUT2D eigenvalue weighted by atomic mass is 9.48. The van der Waals surface area contributed by atoms with Gasteiger partial charge in [0.15, 0.2) is 0 Å². The average molecular weight is 441 g/mol. The molecular weight excluding hydrogens is 404 g/mol. The third-order valence-corrected chi connectivity index (χ3v) is 8.41. The van der Waals surface area contributed by atoms with Gasteiger partial charge in [-0.25, -0.2) is 0 Å². The number of carbonyl (C=O) groups is 2. The Labute approximate surface area is 191 Å². The first kappa shape index (κ1) is 21.8. The Morgan fingerprint density at radius 1 is 1.06 bits per heavy atom. The molecule has 0 spiro atoms. The summed E-state index contributed by atoms with van der Waals surface area (Å²) in [4.78, 5) is 36.8. The minimum absolute atomic E-state index is 0.0394. The molecule has 1 aromatic rings. The summed E-state index contributed by atoms with van der Waals surface area (Å²) in [5.74, 6) is 0.976. The number of hydrogen-bond acceptors (Lipinski definition) is 5. The highest BCUT2D eigenvalue weighted by molar-refractivity contribution is 5.94. The van der Waals surface area contributed by atoms with Crippen molar-refractivity contribution >= 4 is 11.8 Å². The molecule has 1 aliphatic carbocycles. The molecule has 4 fully saturated rings. The second kappa shape index (κ2) is 8.41. The molecule has 0 aromatic carbocycles. The maximum Gasteiger partial charge on any atom is 0.253 e. The van der Waals surface area contributed by atoms with Gasteiger partial charge in [0, 0.05) is 75.1 Å². The number of aromatic nitrogens is 1. The zero-order chi connectivity index (χ0) is 22.3. The fraction of sp³-hybridized carbons (Fsp3) is 0.720. The molecule has 7 heteroatoms. The lowest BCUT2D eigenvalue weighted by molar-refractivity contribution is -0.136. The molecule has 32 heavy (non-hydrogen) atoms. The van der Waals surface area contributed by atoms with Crippen molar-refractivity contribution in [1.82, 2.24) is 19.7 Å². The summed E-state index contributed by atoms with van der Waals surface area (Å²) in [6.07, 6.45) is 6.02. The van der Waals surface area contributed by atoms with Crippen LogP contribution in [0, 0.1) is 22.7 Å². The Morgan fingerprint density at radius 2 is 1.75 bits per heavy atom. The second-order valence-electron chi connectivity index (χ2n) is 11.0. The van der Waals surface area contributed by atoms with Gasteiger partial charge < -0.3 is 14.5 Å². The van der Waals surface area contributed by atoms with Crippen LogP contribution in [0.3, 0.4) is 0 Å². The summed E-state index contributed by atoms with van der Waals surface area (Å²) in [6.45, 7) is 12.6. The van der Waals surface area contributed by atoms with E-state index in [1.807, 2.05) is 4.90 Å². The van der Waals surface area contributed by atoms with Crippen molar-refractivity contribution in [2.45, 2.75) is 33.1 Å². The van der Waals surface area contributed by atoms with E-state index in [1.54, 1.807) is 24.5 Å². The van der Waals surface area contributed by atoms with Crippen LogP contribution in [0.15, 0.2) is 24.5 Å². The molecule has 5 rings (SSSR count). The van der Waals surface area contributed by atoms with Gasteiger partial charge in [-0.2, -0.15) is 0 Å². The van der Waals surface area contributed by atoms with Gasteiger partial charge >= 0.3 is 0 Å². The van der Waals surface area contributed by atoms with Crippen molar-refractivity contribution in [3.05, 3.63) is 30.1 Å². The molecule has 7 nitrogen and oxygen atoms in total. The highest BCUT2D eigenvalue weighted by Gasteiger charge is 2.63. The van der Waals surface area contributed by atoms with Crippen molar-refractivity contribution in [3.8, 4) is 0 Å². The first-order chi connectivity index (χ1) is 15.4. The van der Waals surface area contributed by atoms with E-state index in [9.17, 15) is 9.59 Å². The molecule has 3 aliphatic heterocycles. The number of rotatable bonds is 4. The quantitative estimate of drug-likeness (QED) is 0.718. The van der Waals surface area contributed by atoms with Gasteiger partial charge in [-0.05, 0) is 42.7 Å².